The Labute approximate surface area is 125 Å². The number of aliphatic hydroxyl groups is 1. The minimum absolute atomic E-state index is 0.0361. The lowest BCUT2D eigenvalue weighted by Gasteiger charge is -2.23. The van der Waals surface area contributed by atoms with E-state index in [4.69, 9.17) is 0 Å². The second-order valence-electron chi connectivity index (χ2n) is 5.71. The monoisotopic (exact) mass is 293 g/mol. The van der Waals surface area contributed by atoms with Gasteiger partial charge >= 0.3 is 0 Å². The van der Waals surface area contributed by atoms with Crippen molar-refractivity contribution in [2.24, 2.45) is 11.8 Å². The molecule has 116 valence electrons. The number of carbonyl (C=O) groups is 3. The van der Waals surface area contributed by atoms with Gasteiger partial charge in [-0.05, 0) is 19.3 Å². The third-order valence-electron chi connectivity index (χ3n) is 3.61. The summed E-state index contributed by atoms with van der Waals surface area (Å²) in [5.41, 5.74) is 0.917. The number of nitrogens with one attached hydrogen (secondary N) is 1. The second-order valence-corrected chi connectivity index (χ2v) is 5.71. The molecule has 0 saturated carbocycles. The first-order valence-corrected chi connectivity index (χ1v) is 7.16. The molecule has 5 nitrogen and oxygen atoms in total. The molecule has 1 fully saturated rings. The largest absolute Gasteiger partial charge is 0.393 e. The highest BCUT2D eigenvalue weighted by atomic mass is 16.3. The number of ketones is 1. The van der Waals surface area contributed by atoms with E-state index in [0.717, 1.165) is 5.57 Å². The minimum atomic E-state index is -0.818. The molecule has 21 heavy (non-hydrogen) atoms. The van der Waals surface area contributed by atoms with Crippen LogP contribution in [0.2, 0.25) is 0 Å². The van der Waals surface area contributed by atoms with Crippen LogP contribution in [0.15, 0.2) is 24.3 Å². The summed E-state index contributed by atoms with van der Waals surface area (Å²) >= 11 is 0. The van der Waals surface area contributed by atoms with Gasteiger partial charge in [-0.25, -0.2) is 0 Å². The van der Waals surface area contributed by atoms with Crippen molar-refractivity contribution in [2.75, 3.05) is 0 Å². The van der Waals surface area contributed by atoms with E-state index >= 15 is 0 Å². The molecule has 1 aliphatic rings. The molecule has 0 aromatic carbocycles. The van der Waals surface area contributed by atoms with Gasteiger partial charge in [-0.2, -0.15) is 0 Å². The van der Waals surface area contributed by atoms with Gasteiger partial charge < -0.3 is 5.11 Å². The Balaban J connectivity index is 2.47. The van der Waals surface area contributed by atoms with Crippen molar-refractivity contribution in [1.82, 2.24) is 5.32 Å². The molecule has 1 aliphatic heterocycles. The Hall–Kier alpha value is -1.75. The van der Waals surface area contributed by atoms with Gasteiger partial charge in [0.15, 0.2) is 0 Å². The van der Waals surface area contributed by atoms with Crippen molar-refractivity contribution < 1.29 is 19.5 Å². The van der Waals surface area contributed by atoms with E-state index in [2.05, 4.69) is 11.9 Å². The van der Waals surface area contributed by atoms with Crippen LogP contribution in [0.25, 0.3) is 0 Å². The first-order chi connectivity index (χ1) is 9.81. The summed E-state index contributed by atoms with van der Waals surface area (Å²) in [6, 6.07) is 0. The molecule has 1 rings (SSSR count). The summed E-state index contributed by atoms with van der Waals surface area (Å²) in [6.07, 6.45) is 3.44. The fourth-order valence-electron chi connectivity index (χ4n) is 2.46. The maximum absolute atomic E-state index is 12.0. The average molecular weight is 293 g/mol. The highest BCUT2D eigenvalue weighted by Gasteiger charge is 2.27. The molecule has 0 radical (unpaired) electrons. The zero-order valence-electron chi connectivity index (χ0n) is 12.6. The summed E-state index contributed by atoms with van der Waals surface area (Å²) in [7, 11) is 0. The Kier molecular flexibility index (Phi) is 6.49. The highest BCUT2D eigenvalue weighted by Crippen LogP contribution is 2.21. The van der Waals surface area contributed by atoms with Crippen LogP contribution in [-0.4, -0.2) is 28.8 Å². The van der Waals surface area contributed by atoms with Gasteiger partial charge in [0.1, 0.15) is 5.78 Å². The number of hydrogen-bond donors (Lipinski definition) is 2. The first kappa shape index (κ1) is 17.3. The number of rotatable bonds is 7. The number of carbonyl (C=O) groups excluding carboxylic acids is 3. The van der Waals surface area contributed by atoms with E-state index < -0.39 is 6.10 Å². The smallest absolute Gasteiger partial charge is 0.226 e. The molecule has 1 heterocycles. The Bertz CT molecular complexity index is 451. The zero-order chi connectivity index (χ0) is 16.0. The standard InChI is InChI=1S/C16H23NO4/c1-4-10(2)5-11(3)14(19)9-13(18)6-12-7-15(20)17-16(21)8-12/h4-5,11-13,18H,1,6-9H2,2-3H3,(H,17,20,21)/b10-5+. The Morgan fingerprint density at radius 3 is 2.52 bits per heavy atom. The molecular weight excluding hydrogens is 270 g/mol. The molecule has 0 aromatic heterocycles. The Morgan fingerprint density at radius 1 is 1.43 bits per heavy atom. The highest BCUT2D eigenvalue weighted by molar-refractivity contribution is 5.97. The van der Waals surface area contributed by atoms with Crippen LogP contribution in [0, 0.1) is 11.8 Å². The normalized spacial score (nSPS) is 19.9. The topological polar surface area (TPSA) is 83.5 Å². The Morgan fingerprint density at radius 2 is 2.00 bits per heavy atom. The first-order valence-electron chi connectivity index (χ1n) is 7.16. The number of Topliss-reactive ketones (excluding diaryl/α,β-unsaturated/α-hetero) is 1. The number of hydrogen-bond acceptors (Lipinski definition) is 4. The van der Waals surface area contributed by atoms with Crippen LogP contribution in [0.4, 0.5) is 0 Å². The molecule has 2 atom stereocenters. The molecule has 2 amide bonds. The van der Waals surface area contributed by atoms with Crippen molar-refractivity contribution in [3.63, 3.8) is 0 Å². The van der Waals surface area contributed by atoms with Crippen LogP contribution in [0.3, 0.4) is 0 Å². The molecule has 1 saturated heterocycles. The molecular formula is C16H23NO4. The lowest BCUT2D eigenvalue weighted by molar-refractivity contribution is -0.135. The van der Waals surface area contributed by atoms with Gasteiger partial charge in [-0.15, -0.1) is 0 Å². The van der Waals surface area contributed by atoms with Crippen molar-refractivity contribution >= 4 is 17.6 Å². The van der Waals surface area contributed by atoms with Crippen molar-refractivity contribution in [3.8, 4) is 0 Å². The van der Waals surface area contributed by atoms with Gasteiger partial charge in [-0.1, -0.05) is 31.2 Å². The molecule has 0 aliphatic carbocycles. The van der Waals surface area contributed by atoms with Crippen LogP contribution in [-0.2, 0) is 14.4 Å². The van der Waals surface area contributed by atoms with E-state index in [1.165, 1.54) is 0 Å². The molecule has 2 unspecified atom stereocenters. The van der Waals surface area contributed by atoms with Gasteiger partial charge in [-0.3, -0.25) is 19.7 Å². The van der Waals surface area contributed by atoms with Gasteiger partial charge in [0.25, 0.3) is 0 Å². The quantitative estimate of drug-likeness (QED) is 0.550. The summed E-state index contributed by atoms with van der Waals surface area (Å²) in [5, 5.41) is 12.2. The van der Waals surface area contributed by atoms with E-state index in [0.29, 0.717) is 6.42 Å². The maximum Gasteiger partial charge on any atom is 0.226 e. The van der Waals surface area contributed by atoms with E-state index in [-0.39, 0.29) is 48.7 Å². The third kappa shape index (κ3) is 6.04. The number of piperidine rings is 1. The number of amides is 2. The van der Waals surface area contributed by atoms with Crippen LogP contribution < -0.4 is 5.32 Å². The fourth-order valence-corrected chi connectivity index (χ4v) is 2.46. The maximum atomic E-state index is 12.0. The van der Waals surface area contributed by atoms with E-state index in [9.17, 15) is 19.5 Å². The second kappa shape index (κ2) is 7.88. The molecule has 5 heteroatoms. The predicted octanol–water partition coefficient (Wildman–Crippen LogP) is 1.52. The summed E-state index contributed by atoms with van der Waals surface area (Å²) < 4.78 is 0. The van der Waals surface area contributed by atoms with Crippen molar-refractivity contribution in [1.29, 1.82) is 0 Å². The third-order valence-corrected chi connectivity index (χ3v) is 3.61. The lowest BCUT2D eigenvalue weighted by Crippen LogP contribution is -2.39. The van der Waals surface area contributed by atoms with Crippen molar-refractivity contribution in [3.05, 3.63) is 24.3 Å². The molecule has 0 aromatic rings. The SMILES string of the molecule is C=C/C(C)=C/C(C)C(=O)CC(O)CC1CC(=O)NC(=O)C1. The molecule has 0 bridgehead atoms. The number of aliphatic hydroxyl groups excluding tert-OH is 1. The van der Waals surface area contributed by atoms with Crippen LogP contribution >= 0.6 is 0 Å². The summed E-state index contributed by atoms with van der Waals surface area (Å²) in [4.78, 5) is 34.5. The number of imide groups is 1. The zero-order valence-corrected chi connectivity index (χ0v) is 12.6. The average Bonchev–Trinajstić information content (AvgIpc) is 2.36. The van der Waals surface area contributed by atoms with Crippen molar-refractivity contribution in [2.45, 2.75) is 45.6 Å². The molecule has 2 N–H and O–H groups in total. The van der Waals surface area contributed by atoms with Crippen LogP contribution in [0.5, 0.6) is 0 Å². The van der Waals surface area contributed by atoms with Gasteiger partial charge in [0, 0.05) is 25.2 Å². The minimum Gasteiger partial charge on any atom is -0.393 e. The summed E-state index contributed by atoms with van der Waals surface area (Å²) in [6.45, 7) is 7.26. The van der Waals surface area contributed by atoms with Gasteiger partial charge in [0.2, 0.25) is 11.8 Å². The van der Waals surface area contributed by atoms with E-state index in [1.807, 2.05) is 6.92 Å². The van der Waals surface area contributed by atoms with Crippen LogP contribution in [0.1, 0.15) is 39.5 Å². The molecule has 0 spiro atoms. The van der Waals surface area contributed by atoms with E-state index in [1.54, 1.807) is 19.1 Å². The number of allylic oxidation sites excluding steroid dienone is 3. The lowest BCUT2D eigenvalue weighted by atomic mass is 9.88. The fraction of sp³-hybridized carbons (Fsp3) is 0.562. The van der Waals surface area contributed by atoms with Gasteiger partial charge in [0.05, 0.1) is 6.10 Å². The summed E-state index contributed by atoms with van der Waals surface area (Å²) in [5.74, 6) is -1.15. The predicted molar refractivity (Wildman–Crippen MR) is 79.2 cm³/mol.